The fraction of sp³-hybridized carbons (Fsp3) is 1.00. The molecule has 0 aromatic carbocycles. The molecule has 128 valence electrons. The Morgan fingerprint density at radius 1 is 0.714 bits per heavy atom. The second kappa shape index (κ2) is 13.5. The van der Waals surface area contributed by atoms with E-state index in [0.29, 0.717) is 6.04 Å². The largest absolute Gasteiger partial charge is 0.379 e. The zero-order valence-electron chi connectivity index (χ0n) is 15.4. The van der Waals surface area contributed by atoms with E-state index in [1.54, 1.807) is 0 Å². The molecule has 2 saturated heterocycles. The normalized spacial score (nSPS) is 21.3. The number of ether oxygens (including phenoxy) is 1. The van der Waals surface area contributed by atoms with Crippen molar-refractivity contribution in [3.8, 4) is 0 Å². The molecule has 4 nitrogen and oxygen atoms in total. The van der Waals surface area contributed by atoms with E-state index in [2.05, 4.69) is 28.5 Å². The minimum atomic E-state index is 0.705. The summed E-state index contributed by atoms with van der Waals surface area (Å²) in [5, 5.41) is 0. The third-order valence-corrected chi connectivity index (χ3v) is 3.97. The number of piperazine rings is 1. The van der Waals surface area contributed by atoms with Gasteiger partial charge in [0.25, 0.3) is 0 Å². The fourth-order valence-corrected chi connectivity index (χ4v) is 2.61. The summed E-state index contributed by atoms with van der Waals surface area (Å²) in [7, 11) is 0. The van der Waals surface area contributed by atoms with Crippen LogP contribution in [0, 0.1) is 0 Å². The zero-order chi connectivity index (χ0) is 16.1. The van der Waals surface area contributed by atoms with Crippen LogP contribution in [0.1, 0.15) is 41.5 Å². The maximum absolute atomic E-state index is 5.37. The van der Waals surface area contributed by atoms with Crippen molar-refractivity contribution in [2.24, 2.45) is 0 Å². The molecule has 0 aromatic rings. The zero-order valence-corrected chi connectivity index (χ0v) is 15.4. The van der Waals surface area contributed by atoms with Crippen molar-refractivity contribution in [2.45, 2.75) is 47.6 Å². The Kier molecular flexibility index (Phi) is 13.4. The Labute approximate surface area is 133 Å². The SMILES string of the molecule is CC.CC.CC(C)N1CCN(CCN2CCOCC2)CC1. The van der Waals surface area contributed by atoms with E-state index in [-0.39, 0.29) is 0 Å². The quantitative estimate of drug-likeness (QED) is 0.793. The molecule has 0 amide bonds. The molecular formula is C17H39N3O. The van der Waals surface area contributed by atoms with Gasteiger partial charge in [-0.15, -0.1) is 0 Å². The Morgan fingerprint density at radius 3 is 1.57 bits per heavy atom. The Morgan fingerprint density at radius 2 is 1.14 bits per heavy atom. The molecule has 0 radical (unpaired) electrons. The van der Waals surface area contributed by atoms with Gasteiger partial charge in [-0.2, -0.15) is 0 Å². The summed E-state index contributed by atoms with van der Waals surface area (Å²) in [6.45, 7) is 24.1. The molecule has 0 aromatic heterocycles. The van der Waals surface area contributed by atoms with Gasteiger partial charge >= 0.3 is 0 Å². The standard InChI is InChI=1S/C13H27N3O.2C2H6/c1-13(2)16-7-5-14(6-8-16)3-4-15-9-11-17-12-10-15;2*1-2/h13H,3-12H2,1-2H3;2*1-2H3. The first kappa shape index (κ1) is 20.8. The van der Waals surface area contributed by atoms with Gasteiger partial charge in [-0.3, -0.25) is 14.7 Å². The minimum Gasteiger partial charge on any atom is -0.379 e. The molecule has 2 aliphatic rings. The number of hydrogen-bond acceptors (Lipinski definition) is 4. The van der Waals surface area contributed by atoms with E-state index in [1.807, 2.05) is 27.7 Å². The summed E-state index contributed by atoms with van der Waals surface area (Å²) in [4.78, 5) is 7.71. The van der Waals surface area contributed by atoms with Crippen LogP contribution in [0.25, 0.3) is 0 Å². The maximum atomic E-state index is 5.37. The van der Waals surface area contributed by atoms with E-state index in [1.165, 1.54) is 39.3 Å². The molecule has 0 N–H and O–H groups in total. The van der Waals surface area contributed by atoms with Crippen LogP contribution < -0.4 is 0 Å². The monoisotopic (exact) mass is 301 g/mol. The summed E-state index contributed by atoms with van der Waals surface area (Å²) >= 11 is 0. The van der Waals surface area contributed by atoms with E-state index < -0.39 is 0 Å². The van der Waals surface area contributed by atoms with Gasteiger partial charge in [0.15, 0.2) is 0 Å². The van der Waals surface area contributed by atoms with Gasteiger partial charge in [0.2, 0.25) is 0 Å². The van der Waals surface area contributed by atoms with Crippen LogP contribution >= 0.6 is 0 Å². The Bertz CT molecular complexity index is 210. The molecule has 0 saturated carbocycles. The molecule has 2 rings (SSSR count). The van der Waals surface area contributed by atoms with Gasteiger partial charge in [0, 0.05) is 58.4 Å². The molecule has 4 heteroatoms. The number of nitrogens with zero attached hydrogens (tertiary/aromatic N) is 3. The van der Waals surface area contributed by atoms with Crippen molar-refractivity contribution in [3.05, 3.63) is 0 Å². The van der Waals surface area contributed by atoms with Crippen LogP contribution in [-0.2, 0) is 4.74 Å². The Hall–Kier alpha value is -0.160. The van der Waals surface area contributed by atoms with Crippen molar-refractivity contribution in [2.75, 3.05) is 65.6 Å². The lowest BCUT2D eigenvalue weighted by atomic mass is 10.2. The van der Waals surface area contributed by atoms with Crippen molar-refractivity contribution < 1.29 is 4.74 Å². The van der Waals surface area contributed by atoms with Crippen molar-refractivity contribution in [1.29, 1.82) is 0 Å². The van der Waals surface area contributed by atoms with Gasteiger partial charge in [-0.1, -0.05) is 27.7 Å². The highest BCUT2D eigenvalue weighted by atomic mass is 16.5. The van der Waals surface area contributed by atoms with Gasteiger partial charge in [-0.25, -0.2) is 0 Å². The first-order valence-electron chi connectivity index (χ1n) is 9.02. The highest BCUT2D eigenvalue weighted by molar-refractivity contribution is 4.75. The number of rotatable bonds is 4. The average molecular weight is 302 g/mol. The van der Waals surface area contributed by atoms with E-state index in [4.69, 9.17) is 4.74 Å². The topological polar surface area (TPSA) is 19.0 Å². The van der Waals surface area contributed by atoms with Gasteiger partial charge in [0.1, 0.15) is 0 Å². The van der Waals surface area contributed by atoms with Crippen LogP contribution in [0.2, 0.25) is 0 Å². The van der Waals surface area contributed by atoms with Crippen LogP contribution in [0.15, 0.2) is 0 Å². The number of morpholine rings is 1. The maximum Gasteiger partial charge on any atom is 0.0594 e. The lowest BCUT2D eigenvalue weighted by Crippen LogP contribution is -2.51. The molecule has 2 heterocycles. The van der Waals surface area contributed by atoms with Crippen molar-refractivity contribution >= 4 is 0 Å². The average Bonchev–Trinajstić information content (AvgIpc) is 2.58. The van der Waals surface area contributed by atoms with Gasteiger partial charge in [-0.05, 0) is 13.8 Å². The summed E-state index contributed by atoms with van der Waals surface area (Å²) in [6.07, 6.45) is 0. The molecule has 21 heavy (non-hydrogen) atoms. The molecule has 0 aliphatic carbocycles. The van der Waals surface area contributed by atoms with E-state index in [9.17, 15) is 0 Å². The highest BCUT2D eigenvalue weighted by Gasteiger charge is 2.19. The third kappa shape index (κ3) is 8.77. The summed E-state index contributed by atoms with van der Waals surface area (Å²) in [5.41, 5.74) is 0. The fourth-order valence-electron chi connectivity index (χ4n) is 2.61. The molecule has 2 aliphatic heterocycles. The predicted molar refractivity (Wildman–Crippen MR) is 93.1 cm³/mol. The first-order valence-corrected chi connectivity index (χ1v) is 9.02. The summed E-state index contributed by atoms with van der Waals surface area (Å²) < 4.78 is 5.37. The molecular weight excluding hydrogens is 262 g/mol. The molecule has 0 spiro atoms. The smallest absolute Gasteiger partial charge is 0.0594 e. The molecule has 0 atom stereocenters. The second-order valence-corrected chi connectivity index (χ2v) is 5.43. The number of hydrogen-bond donors (Lipinski definition) is 0. The predicted octanol–water partition coefficient (Wildman–Crippen LogP) is 2.40. The molecule has 2 fully saturated rings. The van der Waals surface area contributed by atoms with Gasteiger partial charge < -0.3 is 4.74 Å². The minimum absolute atomic E-state index is 0.705. The van der Waals surface area contributed by atoms with E-state index in [0.717, 1.165) is 26.3 Å². The molecule has 0 bridgehead atoms. The van der Waals surface area contributed by atoms with Crippen LogP contribution in [0.4, 0.5) is 0 Å². The van der Waals surface area contributed by atoms with Crippen LogP contribution in [-0.4, -0.2) is 86.3 Å². The summed E-state index contributed by atoms with van der Waals surface area (Å²) in [5.74, 6) is 0. The third-order valence-electron chi connectivity index (χ3n) is 3.97. The summed E-state index contributed by atoms with van der Waals surface area (Å²) in [6, 6.07) is 0.705. The lowest BCUT2D eigenvalue weighted by molar-refractivity contribution is 0.0287. The Balaban J connectivity index is 0.000000921. The van der Waals surface area contributed by atoms with E-state index >= 15 is 0 Å². The van der Waals surface area contributed by atoms with Gasteiger partial charge in [0.05, 0.1) is 13.2 Å². The van der Waals surface area contributed by atoms with Crippen molar-refractivity contribution in [3.63, 3.8) is 0 Å². The van der Waals surface area contributed by atoms with Crippen LogP contribution in [0.5, 0.6) is 0 Å². The highest BCUT2D eigenvalue weighted by Crippen LogP contribution is 2.06. The van der Waals surface area contributed by atoms with Crippen molar-refractivity contribution in [1.82, 2.24) is 14.7 Å². The second-order valence-electron chi connectivity index (χ2n) is 5.43. The lowest BCUT2D eigenvalue weighted by Gasteiger charge is -2.38. The van der Waals surface area contributed by atoms with Crippen LogP contribution in [0.3, 0.4) is 0 Å². The molecule has 0 unspecified atom stereocenters. The first-order chi connectivity index (χ1) is 10.3.